The van der Waals surface area contributed by atoms with E-state index in [0.29, 0.717) is 11.8 Å². The second-order valence-electron chi connectivity index (χ2n) is 5.92. The van der Waals surface area contributed by atoms with Gasteiger partial charge in [0.05, 0.1) is 19.6 Å². The number of aldehydes is 1. The zero-order chi connectivity index (χ0) is 18.3. The van der Waals surface area contributed by atoms with Crippen molar-refractivity contribution in [3.63, 3.8) is 0 Å². The lowest BCUT2D eigenvalue weighted by molar-refractivity contribution is -0.486. The second kappa shape index (κ2) is 8.39. The maximum atomic E-state index is 11.8. The highest BCUT2D eigenvalue weighted by atomic mass is 16.6. The van der Waals surface area contributed by atoms with E-state index in [1.165, 1.54) is 0 Å². The molecule has 0 radical (unpaired) electrons. The maximum absolute atomic E-state index is 11.8. The predicted octanol–water partition coefficient (Wildman–Crippen LogP) is 3.23. The van der Waals surface area contributed by atoms with Crippen LogP contribution in [-0.2, 0) is 16.1 Å². The Bertz CT molecular complexity index is 702. The van der Waals surface area contributed by atoms with Crippen LogP contribution < -0.4 is 4.74 Å². The first-order valence-corrected chi connectivity index (χ1v) is 7.88. The smallest absolute Gasteiger partial charge is 0.213 e. The summed E-state index contributed by atoms with van der Waals surface area (Å²) < 4.78 is 10.9. The summed E-state index contributed by atoms with van der Waals surface area (Å²) in [5.74, 6) is 0.0388. The molecule has 0 spiro atoms. The summed E-state index contributed by atoms with van der Waals surface area (Å²) in [7, 11) is 1.58. The standard InChI is InChI=1S/C19H21NO5/c1-19(14-21,25-13-15-8-10-17(24-2)11-9-15)18(12-20(22)23)16-6-4-3-5-7-16/h3-11,14,18H,12-13H2,1-2H3/t18-,19+/m1/s1. The molecule has 0 aliphatic heterocycles. The van der Waals surface area contributed by atoms with Crippen molar-refractivity contribution in [3.8, 4) is 5.75 Å². The molecule has 0 heterocycles. The van der Waals surface area contributed by atoms with Gasteiger partial charge in [-0.25, -0.2) is 0 Å². The van der Waals surface area contributed by atoms with Crippen LogP contribution in [0.2, 0.25) is 0 Å². The minimum atomic E-state index is -1.31. The van der Waals surface area contributed by atoms with Gasteiger partial charge in [-0.2, -0.15) is 0 Å². The molecule has 0 saturated heterocycles. The van der Waals surface area contributed by atoms with Gasteiger partial charge in [-0.05, 0) is 30.2 Å². The summed E-state index contributed by atoms with van der Waals surface area (Å²) in [4.78, 5) is 22.5. The number of carbonyl (C=O) groups is 1. The Labute approximate surface area is 146 Å². The van der Waals surface area contributed by atoms with Gasteiger partial charge in [0.2, 0.25) is 6.54 Å². The number of carbonyl (C=O) groups excluding carboxylic acids is 1. The maximum Gasteiger partial charge on any atom is 0.213 e. The molecule has 0 unspecified atom stereocenters. The Morgan fingerprint density at radius 1 is 1.16 bits per heavy atom. The molecule has 0 bridgehead atoms. The van der Waals surface area contributed by atoms with E-state index in [2.05, 4.69) is 0 Å². The van der Waals surface area contributed by atoms with Gasteiger partial charge < -0.3 is 14.3 Å². The summed E-state index contributed by atoms with van der Waals surface area (Å²) in [5, 5.41) is 11.1. The van der Waals surface area contributed by atoms with Gasteiger partial charge in [-0.3, -0.25) is 10.1 Å². The molecule has 0 saturated carbocycles. The van der Waals surface area contributed by atoms with E-state index in [1.807, 2.05) is 18.2 Å². The van der Waals surface area contributed by atoms with Crippen LogP contribution in [0.4, 0.5) is 0 Å². The van der Waals surface area contributed by atoms with Crippen molar-refractivity contribution >= 4 is 6.29 Å². The molecule has 25 heavy (non-hydrogen) atoms. The molecule has 2 rings (SSSR count). The van der Waals surface area contributed by atoms with Gasteiger partial charge in [0.15, 0.2) is 6.29 Å². The van der Waals surface area contributed by atoms with Crippen LogP contribution in [0, 0.1) is 10.1 Å². The highest BCUT2D eigenvalue weighted by molar-refractivity contribution is 5.64. The highest BCUT2D eigenvalue weighted by Crippen LogP contribution is 2.31. The molecule has 6 heteroatoms. The first kappa shape index (κ1) is 18.6. The topological polar surface area (TPSA) is 78.7 Å². The molecule has 6 nitrogen and oxygen atoms in total. The first-order chi connectivity index (χ1) is 12.0. The Balaban J connectivity index is 2.21. The summed E-state index contributed by atoms with van der Waals surface area (Å²) in [6.07, 6.45) is 0.650. The van der Waals surface area contributed by atoms with Gasteiger partial charge in [0, 0.05) is 4.92 Å². The van der Waals surface area contributed by atoms with Crippen molar-refractivity contribution in [1.82, 2.24) is 0 Å². The summed E-state index contributed by atoms with van der Waals surface area (Å²) in [6, 6.07) is 16.2. The first-order valence-electron chi connectivity index (χ1n) is 7.88. The minimum Gasteiger partial charge on any atom is -0.497 e. The Kier molecular flexibility index (Phi) is 6.25. The van der Waals surface area contributed by atoms with E-state index < -0.39 is 16.4 Å². The van der Waals surface area contributed by atoms with Crippen molar-refractivity contribution in [2.45, 2.75) is 25.0 Å². The predicted molar refractivity (Wildman–Crippen MR) is 93.3 cm³/mol. The Morgan fingerprint density at radius 3 is 2.32 bits per heavy atom. The zero-order valence-corrected chi connectivity index (χ0v) is 14.3. The number of hydrogen-bond acceptors (Lipinski definition) is 5. The lowest BCUT2D eigenvalue weighted by Gasteiger charge is -2.31. The van der Waals surface area contributed by atoms with Gasteiger partial charge in [0.25, 0.3) is 0 Å². The van der Waals surface area contributed by atoms with Crippen molar-refractivity contribution in [2.24, 2.45) is 0 Å². The fourth-order valence-corrected chi connectivity index (χ4v) is 2.63. The van der Waals surface area contributed by atoms with Gasteiger partial charge in [0.1, 0.15) is 11.4 Å². The third-order valence-electron chi connectivity index (χ3n) is 4.17. The van der Waals surface area contributed by atoms with Crippen LogP contribution in [-0.4, -0.2) is 30.5 Å². The lowest BCUT2D eigenvalue weighted by Crippen LogP contribution is -2.41. The molecular formula is C19H21NO5. The minimum absolute atomic E-state index is 0.167. The molecule has 0 fully saturated rings. The second-order valence-corrected chi connectivity index (χ2v) is 5.92. The Hall–Kier alpha value is -2.73. The van der Waals surface area contributed by atoms with Crippen LogP contribution in [0.25, 0.3) is 0 Å². The Morgan fingerprint density at radius 2 is 1.80 bits per heavy atom. The number of rotatable bonds is 9. The van der Waals surface area contributed by atoms with Crippen molar-refractivity contribution in [2.75, 3.05) is 13.7 Å². The third kappa shape index (κ3) is 4.87. The van der Waals surface area contributed by atoms with E-state index >= 15 is 0 Å². The van der Waals surface area contributed by atoms with Crippen LogP contribution in [0.3, 0.4) is 0 Å². The molecule has 132 valence electrons. The van der Waals surface area contributed by atoms with E-state index in [4.69, 9.17) is 9.47 Å². The van der Waals surface area contributed by atoms with E-state index in [9.17, 15) is 14.9 Å². The molecular weight excluding hydrogens is 322 g/mol. The number of hydrogen-bond donors (Lipinski definition) is 0. The van der Waals surface area contributed by atoms with Crippen LogP contribution in [0.5, 0.6) is 5.75 Å². The largest absolute Gasteiger partial charge is 0.497 e. The van der Waals surface area contributed by atoms with Crippen molar-refractivity contribution in [3.05, 3.63) is 75.8 Å². The molecule has 2 aromatic rings. The summed E-state index contributed by atoms with van der Waals surface area (Å²) in [5.41, 5.74) is 0.235. The monoisotopic (exact) mass is 343 g/mol. The zero-order valence-electron chi connectivity index (χ0n) is 14.3. The lowest BCUT2D eigenvalue weighted by atomic mass is 9.84. The van der Waals surface area contributed by atoms with Gasteiger partial charge in [-0.15, -0.1) is 0 Å². The van der Waals surface area contributed by atoms with E-state index in [0.717, 1.165) is 11.3 Å². The number of methoxy groups -OCH3 is 1. The van der Waals surface area contributed by atoms with Crippen LogP contribution in [0.1, 0.15) is 24.0 Å². The van der Waals surface area contributed by atoms with E-state index in [-0.39, 0.29) is 13.2 Å². The fourth-order valence-electron chi connectivity index (χ4n) is 2.63. The highest BCUT2D eigenvalue weighted by Gasteiger charge is 2.39. The van der Waals surface area contributed by atoms with Crippen molar-refractivity contribution in [1.29, 1.82) is 0 Å². The molecule has 0 aliphatic rings. The van der Waals surface area contributed by atoms with Crippen LogP contribution in [0.15, 0.2) is 54.6 Å². The van der Waals surface area contributed by atoms with Gasteiger partial charge in [-0.1, -0.05) is 42.5 Å². The number of nitrogens with zero attached hydrogens (tertiary/aromatic N) is 1. The summed E-state index contributed by atoms with van der Waals surface area (Å²) >= 11 is 0. The quantitative estimate of drug-likeness (QED) is 0.397. The number of benzene rings is 2. The van der Waals surface area contributed by atoms with E-state index in [1.54, 1.807) is 50.4 Å². The molecule has 0 N–H and O–H groups in total. The normalized spacial score (nSPS) is 14.3. The molecule has 2 atom stereocenters. The molecule has 0 aromatic heterocycles. The van der Waals surface area contributed by atoms with Crippen LogP contribution >= 0.6 is 0 Å². The molecule has 0 aliphatic carbocycles. The number of nitro groups is 1. The fraction of sp³-hybridized carbons (Fsp3) is 0.316. The summed E-state index contributed by atoms with van der Waals surface area (Å²) in [6.45, 7) is 1.37. The third-order valence-corrected chi connectivity index (χ3v) is 4.17. The van der Waals surface area contributed by atoms with Crippen molar-refractivity contribution < 1.29 is 19.2 Å². The molecule has 2 aromatic carbocycles. The average Bonchev–Trinajstić information content (AvgIpc) is 2.65. The van der Waals surface area contributed by atoms with Gasteiger partial charge >= 0.3 is 0 Å². The number of ether oxygens (including phenoxy) is 2. The SMILES string of the molecule is COc1ccc(CO[C@@](C)(C=O)[C@H](C[N+](=O)[O-])c2ccccc2)cc1. The average molecular weight is 343 g/mol. The molecule has 0 amide bonds.